The molecule has 0 N–H and O–H groups in total. The average molecular weight is 276 g/mol. The molecule has 0 spiro atoms. The highest BCUT2D eigenvalue weighted by Gasteiger charge is 2.51. The lowest BCUT2D eigenvalue weighted by molar-refractivity contribution is -0.0163. The van der Waals surface area contributed by atoms with Crippen molar-refractivity contribution in [2.75, 3.05) is 13.2 Å². The lowest BCUT2D eigenvalue weighted by Crippen LogP contribution is -2.48. The first-order valence-electron chi connectivity index (χ1n) is 7.78. The molecular weight excluding hydrogens is 248 g/mol. The second-order valence-corrected chi connectivity index (χ2v) is 13.4. The lowest BCUT2D eigenvalue weighted by Gasteiger charge is -2.56. The molecule has 0 saturated heterocycles. The Labute approximate surface area is 119 Å². The van der Waals surface area contributed by atoms with E-state index < -0.39 is 8.07 Å². The third-order valence-electron chi connectivity index (χ3n) is 5.72. The molecule has 0 aliphatic heterocycles. The van der Waals surface area contributed by atoms with E-state index >= 15 is 0 Å². The molecule has 4 rings (SSSR count). The molecule has 4 aliphatic rings. The van der Waals surface area contributed by atoms with Crippen molar-refractivity contribution >= 4 is 8.07 Å². The Morgan fingerprint density at radius 1 is 1.26 bits per heavy atom. The zero-order valence-electron chi connectivity index (χ0n) is 13.2. The summed E-state index contributed by atoms with van der Waals surface area (Å²) in [5.41, 5.74) is 3.74. The summed E-state index contributed by atoms with van der Waals surface area (Å²) in [7, 11) is -1.02. The monoisotopic (exact) mass is 276 g/mol. The lowest BCUT2D eigenvalue weighted by atomic mass is 9.49. The van der Waals surface area contributed by atoms with Crippen LogP contribution in [0.3, 0.4) is 0 Å². The van der Waals surface area contributed by atoms with Gasteiger partial charge >= 0.3 is 0 Å². The standard InChI is InChI=1S/C17H28OSi/c1-17(2)14-7-6-12(15(17)9-14)10-18-11-13-8-16(13)19(3,4)5/h6,14-15H,7-11H2,1-5H3/t14-,15-/m0/s1. The Morgan fingerprint density at radius 3 is 2.53 bits per heavy atom. The van der Waals surface area contributed by atoms with Gasteiger partial charge < -0.3 is 4.74 Å². The summed E-state index contributed by atoms with van der Waals surface area (Å²) in [4.78, 5) is 0. The molecule has 1 saturated carbocycles. The predicted molar refractivity (Wildman–Crippen MR) is 83.9 cm³/mol. The normalized spacial score (nSPS) is 31.9. The van der Waals surface area contributed by atoms with Crippen LogP contribution >= 0.6 is 0 Å². The first-order valence-corrected chi connectivity index (χ1v) is 11.3. The molecule has 1 fully saturated rings. The number of ether oxygens (including phenoxy) is 1. The van der Waals surface area contributed by atoms with Gasteiger partial charge in [-0.3, -0.25) is 0 Å². The van der Waals surface area contributed by atoms with E-state index in [2.05, 4.69) is 39.6 Å². The van der Waals surface area contributed by atoms with Crippen LogP contribution in [-0.2, 0) is 4.74 Å². The number of hydrogen-bond acceptors (Lipinski definition) is 1. The van der Waals surface area contributed by atoms with Gasteiger partial charge in [0.25, 0.3) is 0 Å². The summed E-state index contributed by atoms with van der Waals surface area (Å²) in [6.45, 7) is 14.0. The van der Waals surface area contributed by atoms with E-state index in [1.807, 2.05) is 0 Å². The molecule has 106 valence electrons. The van der Waals surface area contributed by atoms with Crippen molar-refractivity contribution < 1.29 is 4.74 Å². The van der Waals surface area contributed by atoms with Crippen LogP contribution in [0, 0.1) is 17.3 Å². The van der Waals surface area contributed by atoms with Crippen molar-refractivity contribution in [2.24, 2.45) is 17.3 Å². The van der Waals surface area contributed by atoms with Crippen LogP contribution in [0.4, 0.5) is 0 Å². The van der Waals surface area contributed by atoms with Crippen molar-refractivity contribution in [1.82, 2.24) is 0 Å². The van der Waals surface area contributed by atoms with E-state index in [-0.39, 0.29) is 0 Å². The van der Waals surface area contributed by atoms with Gasteiger partial charge in [-0.1, -0.05) is 44.8 Å². The fourth-order valence-electron chi connectivity index (χ4n) is 4.04. The summed E-state index contributed by atoms with van der Waals surface area (Å²) < 4.78 is 6.01. The molecule has 1 nitrogen and oxygen atoms in total. The second kappa shape index (κ2) is 4.32. The smallest absolute Gasteiger partial charge is 0.0729 e. The van der Waals surface area contributed by atoms with Crippen molar-refractivity contribution in [1.29, 1.82) is 0 Å². The number of rotatable bonds is 5. The van der Waals surface area contributed by atoms with Crippen LogP contribution in [0.15, 0.2) is 22.4 Å². The quantitative estimate of drug-likeness (QED) is 0.528. The molecule has 0 aromatic heterocycles. The summed E-state index contributed by atoms with van der Waals surface area (Å²) in [5.74, 6) is 1.74. The number of allylic oxidation sites excluding steroid dienone is 2. The van der Waals surface area contributed by atoms with Gasteiger partial charge in [0.1, 0.15) is 0 Å². The summed E-state index contributed by atoms with van der Waals surface area (Å²) >= 11 is 0. The fraction of sp³-hybridized carbons (Fsp3) is 0.765. The van der Waals surface area contributed by atoms with Crippen LogP contribution < -0.4 is 0 Å². The Bertz CT molecular complexity index is 450. The topological polar surface area (TPSA) is 9.23 Å². The molecule has 2 bridgehead atoms. The minimum atomic E-state index is -1.02. The molecule has 0 aromatic rings. The van der Waals surface area contributed by atoms with Crippen molar-refractivity contribution in [3.8, 4) is 0 Å². The number of hydrogen-bond donors (Lipinski definition) is 0. The van der Waals surface area contributed by atoms with Crippen molar-refractivity contribution in [2.45, 2.75) is 52.8 Å². The maximum atomic E-state index is 6.01. The maximum Gasteiger partial charge on any atom is 0.0729 e. The van der Waals surface area contributed by atoms with E-state index in [4.69, 9.17) is 4.74 Å². The van der Waals surface area contributed by atoms with Gasteiger partial charge in [-0.05, 0) is 47.7 Å². The molecule has 2 heteroatoms. The predicted octanol–water partition coefficient (Wildman–Crippen LogP) is 4.57. The largest absolute Gasteiger partial charge is 0.373 e. The second-order valence-electron chi connectivity index (χ2n) is 8.32. The third-order valence-corrected chi connectivity index (χ3v) is 8.07. The molecule has 0 aromatic carbocycles. The van der Waals surface area contributed by atoms with E-state index in [0.717, 1.165) is 25.0 Å². The SMILES string of the molecule is CC1(C)[C@H]2CC=C(COCC3=C([Si](C)(C)C)C3)[C@@H]1C2. The minimum Gasteiger partial charge on any atom is -0.373 e. The van der Waals surface area contributed by atoms with Crippen LogP contribution in [0.25, 0.3) is 0 Å². The third kappa shape index (κ3) is 2.38. The van der Waals surface area contributed by atoms with Gasteiger partial charge in [0, 0.05) is 0 Å². The first-order chi connectivity index (χ1) is 8.80. The summed E-state index contributed by atoms with van der Waals surface area (Å²) in [5, 5.41) is 1.76. The maximum absolute atomic E-state index is 6.01. The first kappa shape index (κ1) is 13.6. The zero-order valence-corrected chi connectivity index (χ0v) is 14.2. The van der Waals surface area contributed by atoms with Crippen molar-refractivity contribution in [3.05, 3.63) is 22.4 Å². The zero-order chi connectivity index (χ0) is 13.8. The minimum absolute atomic E-state index is 0.537. The van der Waals surface area contributed by atoms with Crippen LogP contribution in [0.1, 0.15) is 33.1 Å². The molecule has 4 aliphatic carbocycles. The van der Waals surface area contributed by atoms with E-state index in [1.165, 1.54) is 19.3 Å². The summed E-state index contributed by atoms with van der Waals surface area (Å²) in [6.07, 6.45) is 6.42. The highest BCUT2D eigenvalue weighted by Crippen LogP contribution is 2.59. The Balaban J connectivity index is 1.50. The van der Waals surface area contributed by atoms with Gasteiger partial charge in [-0.2, -0.15) is 0 Å². The van der Waals surface area contributed by atoms with Gasteiger partial charge in [0.15, 0.2) is 0 Å². The molecule has 0 heterocycles. The molecule has 2 atom stereocenters. The molecule has 0 radical (unpaired) electrons. The van der Waals surface area contributed by atoms with E-state index in [9.17, 15) is 0 Å². The fourth-order valence-corrected chi connectivity index (χ4v) is 5.91. The average Bonchev–Trinajstić information content (AvgIpc) is 3.08. The van der Waals surface area contributed by atoms with Gasteiger partial charge in [-0.25, -0.2) is 0 Å². The Kier molecular flexibility index (Phi) is 3.10. The van der Waals surface area contributed by atoms with Crippen LogP contribution in [-0.4, -0.2) is 21.3 Å². The molecule has 19 heavy (non-hydrogen) atoms. The van der Waals surface area contributed by atoms with E-state index in [0.29, 0.717) is 5.41 Å². The number of fused-ring (bicyclic) bond motifs is 1. The van der Waals surface area contributed by atoms with Crippen LogP contribution in [0.5, 0.6) is 0 Å². The Hall–Kier alpha value is -0.343. The highest BCUT2D eigenvalue weighted by atomic mass is 28.3. The summed E-state index contributed by atoms with van der Waals surface area (Å²) in [6, 6.07) is 0. The van der Waals surface area contributed by atoms with Gasteiger partial charge in [0.05, 0.1) is 21.3 Å². The Morgan fingerprint density at radius 2 is 2.00 bits per heavy atom. The molecular formula is C17H28OSi. The highest BCUT2D eigenvalue weighted by molar-refractivity contribution is 6.84. The van der Waals surface area contributed by atoms with Gasteiger partial charge in [-0.15, -0.1) is 0 Å². The van der Waals surface area contributed by atoms with Crippen LogP contribution in [0.2, 0.25) is 19.6 Å². The van der Waals surface area contributed by atoms with Crippen molar-refractivity contribution in [3.63, 3.8) is 0 Å². The van der Waals surface area contributed by atoms with Gasteiger partial charge in [0.2, 0.25) is 0 Å². The molecule has 0 amide bonds. The van der Waals surface area contributed by atoms with E-state index in [1.54, 1.807) is 16.3 Å². The molecule has 0 unspecified atom stereocenters.